The van der Waals surface area contributed by atoms with Crippen molar-refractivity contribution in [3.8, 4) is 12.1 Å². The maximum absolute atomic E-state index is 9.98. The van der Waals surface area contributed by atoms with Crippen molar-refractivity contribution in [2.45, 2.75) is 66.2 Å². The van der Waals surface area contributed by atoms with Gasteiger partial charge in [0.25, 0.3) is 0 Å². The molecule has 5 rings (SSSR count). The van der Waals surface area contributed by atoms with Gasteiger partial charge in [0.15, 0.2) is 0 Å². The molecule has 0 unspecified atom stereocenters. The number of fused-ring (bicyclic) bond motifs is 6. The number of nitrogens with zero attached hydrogens (tertiary/aromatic N) is 3. The lowest BCUT2D eigenvalue weighted by Gasteiger charge is -2.25. The number of aromatic nitrogens is 1. The van der Waals surface area contributed by atoms with E-state index in [0.717, 1.165) is 22.2 Å². The second kappa shape index (κ2) is 6.49. The van der Waals surface area contributed by atoms with Gasteiger partial charge in [-0.1, -0.05) is 59.7 Å². The Morgan fingerprint density at radius 1 is 0.697 bits per heavy atom. The lowest BCUT2D eigenvalue weighted by Crippen LogP contribution is -2.15. The summed E-state index contributed by atoms with van der Waals surface area (Å²) in [5.41, 5.74) is 9.04. The van der Waals surface area contributed by atoms with Crippen LogP contribution in [0.4, 0.5) is 0 Å². The second-order valence-corrected chi connectivity index (χ2v) is 11.4. The topological polar surface area (TPSA) is 52.0 Å². The zero-order chi connectivity index (χ0) is 24.0. The summed E-state index contributed by atoms with van der Waals surface area (Å²) in [5.74, 6) is 0. The zero-order valence-electron chi connectivity index (χ0n) is 20.7. The third-order valence-electron chi connectivity index (χ3n) is 7.15. The molecule has 3 heteroatoms. The average molecular weight is 432 g/mol. The van der Waals surface area contributed by atoms with Gasteiger partial charge >= 0.3 is 0 Å². The molecule has 0 N–H and O–H groups in total. The zero-order valence-corrected chi connectivity index (χ0v) is 20.7. The van der Waals surface area contributed by atoms with Crippen molar-refractivity contribution in [3.05, 3.63) is 63.7 Å². The fraction of sp³-hybridized carbons (Fsp3) is 0.333. The fourth-order valence-corrected chi connectivity index (χ4v) is 6.10. The van der Waals surface area contributed by atoms with Crippen LogP contribution in [0, 0.1) is 36.5 Å². The molecular formula is C30H29N3. The van der Waals surface area contributed by atoms with Gasteiger partial charge in [-0.3, -0.25) is 0 Å². The van der Waals surface area contributed by atoms with Crippen LogP contribution in [0.5, 0.6) is 0 Å². The van der Waals surface area contributed by atoms with Gasteiger partial charge in [-0.15, -0.1) is 0 Å². The van der Waals surface area contributed by atoms with Crippen LogP contribution in [0.2, 0.25) is 0 Å². The van der Waals surface area contributed by atoms with E-state index in [-0.39, 0.29) is 10.8 Å². The Morgan fingerprint density at radius 3 is 1.42 bits per heavy atom. The van der Waals surface area contributed by atoms with E-state index in [1.54, 1.807) is 0 Å². The van der Waals surface area contributed by atoms with E-state index in [1.807, 2.05) is 12.1 Å². The van der Waals surface area contributed by atoms with Gasteiger partial charge in [-0.25, -0.2) is 0 Å². The van der Waals surface area contributed by atoms with E-state index in [1.165, 1.54) is 38.2 Å². The van der Waals surface area contributed by atoms with Crippen molar-refractivity contribution in [3.63, 3.8) is 0 Å². The smallest absolute Gasteiger partial charge is 0.0995 e. The van der Waals surface area contributed by atoms with Crippen molar-refractivity contribution in [2.24, 2.45) is 0 Å². The minimum Gasteiger partial charge on any atom is -0.308 e. The first-order valence-corrected chi connectivity index (χ1v) is 11.5. The quantitative estimate of drug-likeness (QED) is 0.251. The predicted octanol–water partition coefficient (Wildman–Crippen LogP) is 7.79. The molecule has 2 aromatic heterocycles. The standard InChI is InChI=1S/C30H29N3/c1-16-18(14-31)12-22-24(26(16)29(3,4)5)20-10-9-11-21-25-23(33(22)28(20)21)13-19(15-32)17(2)27(25)30(6,7)8/h9-13H,1-8H3. The lowest BCUT2D eigenvalue weighted by molar-refractivity contribution is 0.592. The number of nitriles is 2. The summed E-state index contributed by atoms with van der Waals surface area (Å²) in [6.45, 7) is 17.5. The van der Waals surface area contributed by atoms with E-state index in [0.29, 0.717) is 11.1 Å². The van der Waals surface area contributed by atoms with Crippen LogP contribution in [0.1, 0.15) is 74.9 Å². The highest BCUT2D eigenvalue weighted by atomic mass is 14.9. The van der Waals surface area contributed by atoms with E-state index in [2.05, 4.69) is 90.1 Å². The van der Waals surface area contributed by atoms with Gasteiger partial charge in [0.2, 0.25) is 0 Å². The SMILES string of the molecule is Cc1c(C#N)cc2c(c1C(C)(C)C)c1cccc3c4c(C(C)(C)C)c(C)c(C#N)cc4n2c13. The Labute approximate surface area is 195 Å². The highest BCUT2D eigenvalue weighted by Gasteiger charge is 2.30. The maximum Gasteiger partial charge on any atom is 0.0995 e. The van der Waals surface area contributed by atoms with Crippen LogP contribution < -0.4 is 0 Å². The molecule has 5 aromatic rings. The summed E-state index contributed by atoms with van der Waals surface area (Å²) in [6, 6.07) is 15.5. The summed E-state index contributed by atoms with van der Waals surface area (Å²) < 4.78 is 2.31. The fourth-order valence-electron chi connectivity index (χ4n) is 6.10. The largest absolute Gasteiger partial charge is 0.308 e. The molecule has 33 heavy (non-hydrogen) atoms. The Balaban J connectivity index is 2.20. The molecule has 0 radical (unpaired) electrons. The highest BCUT2D eigenvalue weighted by Crippen LogP contribution is 2.47. The molecule has 0 bridgehead atoms. The van der Waals surface area contributed by atoms with Crippen molar-refractivity contribution in [1.82, 2.24) is 4.40 Å². The Hall–Kier alpha value is -3.56. The van der Waals surface area contributed by atoms with Crippen LogP contribution in [-0.4, -0.2) is 4.40 Å². The Kier molecular flexibility index (Phi) is 4.19. The number of hydrogen-bond donors (Lipinski definition) is 0. The Bertz CT molecular complexity index is 1580. The molecule has 0 fully saturated rings. The monoisotopic (exact) mass is 431 g/mol. The highest BCUT2D eigenvalue weighted by molar-refractivity contribution is 6.25. The molecule has 3 nitrogen and oxygen atoms in total. The molecule has 0 aliphatic heterocycles. The molecular weight excluding hydrogens is 402 g/mol. The molecule has 0 atom stereocenters. The van der Waals surface area contributed by atoms with Gasteiger partial charge in [0, 0.05) is 21.5 Å². The molecule has 0 saturated carbocycles. The molecule has 0 aliphatic carbocycles. The van der Waals surface area contributed by atoms with Crippen molar-refractivity contribution >= 4 is 38.1 Å². The number of para-hydroxylation sites is 1. The maximum atomic E-state index is 9.98. The van der Waals surface area contributed by atoms with Gasteiger partial charge in [0.1, 0.15) is 0 Å². The summed E-state index contributed by atoms with van der Waals surface area (Å²) in [6.07, 6.45) is 0. The van der Waals surface area contributed by atoms with Crippen molar-refractivity contribution < 1.29 is 0 Å². The summed E-state index contributed by atoms with van der Waals surface area (Å²) >= 11 is 0. The van der Waals surface area contributed by atoms with Crippen LogP contribution in [-0.2, 0) is 10.8 Å². The number of benzene rings is 3. The first-order valence-electron chi connectivity index (χ1n) is 11.5. The molecule has 3 aromatic carbocycles. The minimum absolute atomic E-state index is 0.117. The van der Waals surface area contributed by atoms with Crippen molar-refractivity contribution in [1.29, 1.82) is 10.5 Å². The average Bonchev–Trinajstić information content (AvgIpc) is 3.21. The lowest BCUT2D eigenvalue weighted by atomic mass is 9.79. The second-order valence-electron chi connectivity index (χ2n) is 11.4. The van der Waals surface area contributed by atoms with E-state index >= 15 is 0 Å². The van der Waals surface area contributed by atoms with Crippen LogP contribution in [0.25, 0.3) is 38.1 Å². The minimum atomic E-state index is -0.117. The summed E-state index contributed by atoms with van der Waals surface area (Å²) in [7, 11) is 0. The molecule has 0 aliphatic rings. The van der Waals surface area contributed by atoms with Gasteiger partial charge in [-0.2, -0.15) is 10.5 Å². The molecule has 164 valence electrons. The Morgan fingerprint density at radius 2 is 1.09 bits per heavy atom. The molecule has 0 spiro atoms. The number of rotatable bonds is 0. The first kappa shape index (κ1) is 21.3. The first-order chi connectivity index (χ1) is 15.4. The van der Waals surface area contributed by atoms with Crippen LogP contribution in [0.15, 0.2) is 30.3 Å². The van der Waals surface area contributed by atoms with Gasteiger partial charge in [0.05, 0.1) is 39.8 Å². The van der Waals surface area contributed by atoms with Gasteiger partial charge < -0.3 is 4.40 Å². The van der Waals surface area contributed by atoms with Gasteiger partial charge in [-0.05, 0) is 59.1 Å². The van der Waals surface area contributed by atoms with Crippen LogP contribution in [0.3, 0.4) is 0 Å². The third kappa shape index (κ3) is 2.66. The summed E-state index contributed by atoms with van der Waals surface area (Å²) in [5, 5.41) is 24.8. The predicted molar refractivity (Wildman–Crippen MR) is 137 cm³/mol. The van der Waals surface area contributed by atoms with E-state index < -0.39 is 0 Å². The van der Waals surface area contributed by atoms with E-state index in [9.17, 15) is 10.5 Å². The van der Waals surface area contributed by atoms with Crippen LogP contribution >= 0.6 is 0 Å². The number of hydrogen-bond acceptors (Lipinski definition) is 2. The van der Waals surface area contributed by atoms with E-state index in [4.69, 9.17) is 0 Å². The molecule has 2 heterocycles. The summed E-state index contributed by atoms with van der Waals surface area (Å²) in [4.78, 5) is 0. The molecule has 0 amide bonds. The molecule has 0 saturated heterocycles. The normalized spacial score (nSPS) is 12.8. The third-order valence-corrected chi connectivity index (χ3v) is 7.15. The van der Waals surface area contributed by atoms with Crippen molar-refractivity contribution in [2.75, 3.05) is 0 Å².